The first-order valence-corrected chi connectivity index (χ1v) is 7.96. The van der Waals surface area contributed by atoms with E-state index in [2.05, 4.69) is 4.74 Å². The molecule has 4 aliphatic carbocycles. The van der Waals surface area contributed by atoms with Crippen LogP contribution in [0.1, 0.15) is 13.8 Å². The molecule has 0 aliphatic heterocycles. The van der Waals surface area contributed by atoms with E-state index in [1.54, 1.807) is 0 Å². The van der Waals surface area contributed by atoms with Gasteiger partial charge in [0.15, 0.2) is 5.60 Å². The highest BCUT2D eigenvalue weighted by Crippen LogP contribution is 2.88. The number of ether oxygens (including phenoxy) is 1. The minimum absolute atomic E-state index is 0.790. The molecule has 0 aromatic carbocycles. The van der Waals surface area contributed by atoms with Crippen molar-refractivity contribution in [2.45, 2.75) is 77.8 Å². The highest BCUT2D eigenvalue weighted by atomic mass is 19.3. The number of alkyl halides is 14. The minimum atomic E-state index is -7.67. The van der Waals surface area contributed by atoms with Gasteiger partial charge in [-0.05, 0) is 13.8 Å². The fourth-order valence-corrected chi connectivity index (χ4v) is 4.70. The number of rotatable bonds is 3. The summed E-state index contributed by atoms with van der Waals surface area (Å²) in [5, 5.41) is 0. The number of halogens is 14. The molecule has 1 unspecified atom stereocenters. The Morgan fingerprint density at radius 3 is 1.03 bits per heavy atom. The van der Waals surface area contributed by atoms with Crippen LogP contribution in [0, 0.1) is 0 Å². The van der Waals surface area contributed by atoms with Crippen molar-refractivity contribution in [3.8, 4) is 0 Å². The van der Waals surface area contributed by atoms with Crippen LogP contribution in [0.4, 0.5) is 61.5 Å². The van der Waals surface area contributed by atoms with Crippen LogP contribution >= 0.6 is 0 Å². The molecular weight excluding hydrogens is 464 g/mol. The van der Waals surface area contributed by atoms with Crippen LogP contribution in [0.3, 0.4) is 0 Å². The molecular formula is C14H11F14NO. The summed E-state index contributed by atoms with van der Waals surface area (Å²) in [6.07, 6.45) is 0. The molecule has 4 aliphatic rings. The Kier molecular flexibility index (Phi) is 3.90. The highest BCUT2D eigenvalue weighted by molar-refractivity contribution is 5.55. The summed E-state index contributed by atoms with van der Waals surface area (Å²) >= 11 is 0. The Balaban J connectivity index is 2.61. The molecule has 4 bridgehead atoms. The predicted molar refractivity (Wildman–Crippen MR) is 68.1 cm³/mol. The van der Waals surface area contributed by atoms with Gasteiger partial charge in [0.05, 0.1) is 6.61 Å². The Morgan fingerprint density at radius 2 is 0.800 bits per heavy atom. The van der Waals surface area contributed by atoms with E-state index in [1.165, 1.54) is 0 Å². The second-order valence-corrected chi connectivity index (χ2v) is 7.83. The lowest BCUT2D eigenvalue weighted by Gasteiger charge is -2.76. The molecule has 4 fully saturated rings. The first-order valence-electron chi connectivity index (χ1n) is 7.96. The molecule has 0 spiro atoms. The van der Waals surface area contributed by atoms with Gasteiger partial charge in [0.1, 0.15) is 0 Å². The van der Waals surface area contributed by atoms with Crippen molar-refractivity contribution >= 4 is 0 Å². The van der Waals surface area contributed by atoms with Crippen LogP contribution in [0.5, 0.6) is 0 Å². The fourth-order valence-electron chi connectivity index (χ4n) is 4.70. The highest BCUT2D eigenvalue weighted by Gasteiger charge is 3.21. The average Bonchev–Trinajstić information content (AvgIpc) is 2.58. The van der Waals surface area contributed by atoms with E-state index in [-0.39, 0.29) is 0 Å². The molecule has 0 aromatic rings. The Bertz CT molecular complexity index is 706. The SMILES string of the molecule is CC(N)COC1(C)C2(F)C(F)(F)C3(F)C(F)(F)C(F)(C2(F)F)C(F)(F)C1(F)C3(F)F. The van der Waals surface area contributed by atoms with Crippen LogP contribution < -0.4 is 5.73 Å². The Morgan fingerprint density at radius 1 is 0.567 bits per heavy atom. The van der Waals surface area contributed by atoms with Gasteiger partial charge < -0.3 is 10.5 Å². The normalized spacial score (nSPS) is 52.3. The van der Waals surface area contributed by atoms with Gasteiger partial charge in [0.25, 0.3) is 11.3 Å². The maximum Gasteiger partial charge on any atom is 0.339 e. The van der Waals surface area contributed by atoms with Crippen molar-refractivity contribution in [2.24, 2.45) is 5.73 Å². The molecule has 4 rings (SSSR count). The van der Waals surface area contributed by atoms with Crippen molar-refractivity contribution in [2.75, 3.05) is 6.61 Å². The molecule has 0 saturated heterocycles. The molecule has 4 saturated carbocycles. The van der Waals surface area contributed by atoms with Crippen LogP contribution in [-0.2, 0) is 4.74 Å². The lowest BCUT2D eigenvalue weighted by molar-refractivity contribution is -0.601. The summed E-state index contributed by atoms with van der Waals surface area (Å²) in [6, 6.07) is -1.61. The maximum absolute atomic E-state index is 15.3. The van der Waals surface area contributed by atoms with Gasteiger partial charge in [-0.25, -0.2) is 17.6 Å². The van der Waals surface area contributed by atoms with E-state index in [0.29, 0.717) is 0 Å². The standard InChI is InChI=1S/C14H11F14NO/c1-4(29)3-30-5(2)6(15)10(19,20)8(17)12(23,24)7(5,16)13(25,26)9(18,11(6,21)22)14(8,27)28/h4H,3,29H2,1-2H3. The van der Waals surface area contributed by atoms with Gasteiger partial charge in [0.2, 0.25) is 0 Å². The van der Waals surface area contributed by atoms with Crippen molar-refractivity contribution in [1.29, 1.82) is 0 Å². The third-order valence-electron chi connectivity index (χ3n) is 6.28. The molecule has 0 amide bonds. The molecule has 2 N–H and O–H groups in total. The van der Waals surface area contributed by atoms with Gasteiger partial charge in [-0.2, -0.15) is 43.9 Å². The topological polar surface area (TPSA) is 35.2 Å². The van der Waals surface area contributed by atoms with Crippen molar-refractivity contribution < 1.29 is 66.2 Å². The number of nitrogens with two attached hydrogens (primary N) is 1. The van der Waals surface area contributed by atoms with Crippen molar-refractivity contribution in [3.05, 3.63) is 0 Å². The van der Waals surface area contributed by atoms with E-state index in [4.69, 9.17) is 5.73 Å². The van der Waals surface area contributed by atoms with Gasteiger partial charge in [-0.15, -0.1) is 0 Å². The third kappa shape index (κ3) is 1.42. The Hall–Kier alpha value is -1.06. The maximum atomic E-state index is 15.3. The van der Waals surface area contributed by atoms with Gasteiger partial charge in [0, 0.05) is 6.04 Å². The summed E-state index contributed by atoms with van der Waals surface area (Å²) in [4.78, 5) is 0. The van der Waals surface area contributed by atoms with Gasteiger partial charge in [-0.1, -0.05) is 0 Å². The summed E-state index contributed by atoms with van der Waals surface area (Å²) in [5.41, 5.74) is -28.9. The molecule has 0 radical (unpaired) electrons. The number of hydrogen-bond acceptors (Lipinski definition) is 2. The molecule has 0 heterocycles. The minimum Gasteiger partial charge on any atom is -0.366 e. The quantitative estimate of drug-likeness (QED) is 0.623. The van der Waals surface area contributed by atoms with E-state index < -0.39 is 77.5 Å². The molecule has 16 heteroatoms. The van der Waals surface area contributed by atoms with Gasteiger partial charge >= 0.3 is 41.0 Å². The second-order valence-electron chi connectivity index (χ2n) is 7.83. The molecule has 1 atom stereocenters. The first kappa shape index (κ1) is 23.6. The zero-order valence-electron chi connectivity index (χ0n) is 14.6. The summed E-state index contributed by atoms with van der Waals surface area (Å²) in [7, 11) is 0. The van der Waals surface area contributed by atoms with Gasteiger partial charge in [-0.3, -0.25) is 0 Å². The summed E-state index contributed by atoms with van der Waals surface area (Å²) in [5.74, 6) is -37.0. The average molecular weight is 475 g/mol. The summed E-state index contributed by atoms with van der Waals surface area (Å²) < 4.78 is 208. The summed E-state index contributed by atoms with van der Waals surface area (Å²) in [6.45, 7) is -1.62. The second kappa shape index (κ2) is 4.96. The van der Waals surface area contributed by atoms with E-state index in [0.717, 1.165) is 6.92 Å². The molecule has 30 heavy (non-hydrogen) atoms. The van der Waals surface area contributed by atoms with Crippen molar-refractivity contribution in [1.82, 2.24) is 0 Å². The van der Waals surface area contributed by atoms with Crippen LogP contribution in [0.2, 0.25) is 0 Å². The van der Waals surface area contributed by atoms with Crippen molar-refractivity contribution in [3.63, 3.8) is 0 Å². The first-order chi connectivity index (χ1) is 12.9. The zero-order valence-corrected chi connectivity index (χ0v) is 14.6. The monoisotopic (exact) mass is 475 g/mol. The zero-order chi connectivity index (χ0) is 24.0. The van der Waals surface area contributed by atoms with E-state index in [9.17, 15) is 52.7 Å². The molecule has 2 nitrogen and oxygen atoms in total. The lowest BCUT2D eigenvalue weighted by Crippen LogP contribution is -3.09. The predicted octanol–water partition coefficient (Wildman–Crippen LogP) is 4.16. The fraction of sp³-hybridized carbons (Fsp3) is 1.00. The van der Waals surface area contributed by atoms with Crippen LogP contribution in [0.15, 0.2) is 0 Å². The number of hydrogen-bond donors (Lipinski definition) is 1. The molecule has 176 valence electrons. The van der Waals surface area contributed by atoms with E-state index >= 15 is 8.78 Å². The van der Waals surface area contributed by atoms with Crippen LogP contribution in [0.25, 0.3) is 0 Å². The molecule has 0 aromatic heterocycles. The Labute approximate surface area is 157 Å². The van der Waals surface area contributed by atoms with E-state index in [1.807, 2.05) is 0 Å². The smallest absolute Gasteiger partial charge is 0.339 e. The lowest BCUT2D eigenvalue weighted by atomic mass is 9.37. The largest absolute Gasteiger partial charge is 0.366 e. The van der Waals surface area contributed by atoms with Crippen LogP contribution in [-0.4, -0.2) is 70.5 Å². The third-order valence-corrected chi connectivity index (χ3v) is 6.28.